The molecular formula is C16H16BrFN2O2. The van der Waals surface area contributed by atoms with E-state index in [0.717, 1.165) is 15.7 Å². The molecular weight excluding hydrogens is 351 g/mol. The number of hydrogen-bond acceptors (Lipinski definition) is 3. The lowest BCUT2D eigenvalue weighted by molar-refractivity contribution is 0.0988. The quantitative estimate of drug-likeness (QED) is 0.827. The number of carbonyl (C=O) groups is 1. The van der Waals surface area contributed by atoms with Crippen molar-refractivity contribution >= 4 is 27.5 Å². The van der Waals surface area contributed by atoms with Crippen molar-refractivity contribution in [2.75, 3.05) is 19.1 Å². The molecule has 0 fully saturated rings. The van der Waals surface area contributed by atoms with Crippen molar-refractivity contribution in [3.63, 3.8) is 0 Å². The third kappa shape index (κ3) is 2.97. The topological polar surface area (TPSA) is 42.4 Å². The Morgan fingerprint density at radius 3 is 2.41 bits per heavy atom. The van der Waals surface area contributed by atoms with Gasteiger partial charge in [0.1, 0.15) is 11.4 Å². The lowest BCUT2D eigenvalue weighted by atomic mass is 10.1. The summed E-state index contributed by atoms with van der Waals surface area (Å²) in [7, 11) is 3.10. The highest BCUT2D eigenvalue weighted by Crippen LogP contribution is 2.30. The number of aryl methyl sites for hydroxylation is 1. The number of methoxy groups -OCH3 is 1. The molecule has 0 unspecified atom stereocenters. The number of carbonyl (C=O) groups excluding carboxylic acids is 1. The van der Waals surface area contributed by atoms with Crippen LogP contribution in [0.3, 0.4) is 0 Å². The number of ether oxygens (including phenoxy) is 1. The van der Waals surface area contributed by atoms with Gasteiger partial charge in [-0.25, -0.2) is 9.37 Å². The Labute approximate surface area is 137 Å². The first-order valence-corrected chi connectivity index (χ1v) is 7.40. The van der Waals surface area contributed by atoms with Crippen LogP contribution in [0.4, 0.5) is 10.1 Å². The predicted molar refractivity (Wildman–Crippen MR) is 87.1 cm³/mol. The van der Waals surface area contributed by atoms with Crippen LogP contribution >= 0.6 is 15.9 Å². The molecule has 22 heavy (non-hydrogen) atoms. The monoisotopic (exact) mass is 366 g/mol. The average molecular weight is 367 g/mol. The fourth-order valence-corrected chi connectivity index (χ4v) is 2.43. The second kappa shape index (κ2) is 6.44. The molecule has 4 nitrogen and oxygen atoms in total. The van der Waals surface area contributed by atoms with Crippen LogP contribution in [0.1, 0.15) is 21.6 Å². The first-order valence-electron chi connectivity index (χ1n) is 6.61. The Bertz CT molecular complexity index is 717. The lowest BCUT2D eigenvalue weighted by Gasteiger charge is -2.20. The van der Waals surface area contributed by atoms with Crippen LogP contribution in [0, 0.1) is 19.7 Å². The summed E-state index contributed by atoms with van der Waals surface area (Å²) in [6, 6.07) is 5.72. The number of halogens is 2. The van der Waals surface area contributed by atoms with E-state index in [1.165, 1.54) is 24.1 Å². The van der Waals surface area contributed by atoms with Crippen LogP contribution in [0.25, 0.3) is 0 Å². The van der Waals surface area contributed by atoms with Crippen molar-refractivity contribution in [1.29, 1.82) is 0 Å². The molecule has 1 heterocycles. The molecule has 0 atom stereocenters. The van der Waals surface area contributed by atoms with Gasteiger partial charge < -0.3 is 9.64 Å². The highest BCUT2D eigenvalue weighted by atomic mass is 79.9. The molecule has 0 saturated carbocycles. The van der Waals surface area contributed by atoms with Gasteiger partial charge in [0, 0.05) is 17.2 Å². The molecule has 0 radical (unpaired) electrons. The van der Waals surface area contributed by atoms with E-state index in [0.29, 0.717) is 11.3 Å². The smallest absolute Gasteiger partial charge is 0.263 e. The van der Waals surface area contributed by atoms with E-state index in [4.69, 9.17) is 4.74 Å². The second-order valence-corrected chi connectivity index (χ2v) is 5.65. The molecule has 1 aromatic carbocycles. The van der Waals surface area contributed by atoms with E-state index in [-0.39, 0.29) is 17.6 Å². The van der Waals surface area contributed by atoms with Crippen molar-refractivity contribution in [2.45, 2.75) is 13.8 Å². The molecule has 6 heteroatoms. The van der Waals surface area contributed by atoms with Gasteiger partial charge in [0.15, 0.2) is 0 Å². The summed E-state index contributed by atoms with van der Waals surface area (Å²) in [4.78, 5) is 18.5. The molecule has 2 rings (SSSR count). The molecule has 0 aliphatic rings. The van der Waals surface area contributed by atoms with E-state index < -0.39 is 0 Å². The number of anilines is 1. The maximum Gasteiger partial charge on any atom is 0.263 e. The van der Waals surface area contributed by atoms with Crippen LogP contribution in [-0.4, -0.2) is 25.0 Å². The van der Waals surface area contributed by atoms with Gasteiger partial charge in [-0.2, -0.15) is 0 Å². The summed E-state index contributed by atoms with van der Waals surface area (Å²) in [6.07, 6.45) is 0. The van der Waals surface area contributed by atoms with Crippen LogP contribution < -0.4 is 9.64 Å². The normalized spacial score (nSPS) is 10.5. The molecule has 1 aromatic heterocycles. The van der Waals surface area contributed by atoms with E-state index in [2.05, 4.69) is 20.9 Å². The molecule has 0 aliphatic carbocycles. The summed E-state index contributed by atoms with van der Waals surface area (Å²) < 4.78 is 19.0. The molecule has 1 amide bonds. The van der Waals surface area contributed by atoms with Crippen molar-refractivity contribution in [2.24, 2.45) is 0 Å². The second-order valence-electron chi connectivity index (χ2n) is 4.86. The zero-order valence-corrected chi connectivity index (χ0v) is 14.4. The minimum absolute atomic E-state index is 0.269. The van der Waals surface area contributed by atoms with Gasteiger partial charge in [0.05, 0.1) is 12.8 Å². The Hall–Kier alpha value is -1.95. The Kier molecular flexibility index (Phi) is 4.81. The van der Waals surface area contributed by atoms with Crippen LogP contribution in [0.2, 0.25) is 0 Å². The van der Waals surface area contributed by atoms with E-state index in [9.17, 15) is 9.18 Å². The molecule has 0 bridgehead atoms. The highest BCUT2D eigenvalue weighted by molar-refractivity contribution is 9.10. The zero-order valence-electron chi connectivity index (χ0n) is 12.8. The number of nitrogens with zero attached hydrogens (tertiary/aromatic N) is 2. The molecule has 0 spiro atoms. The van der Waals surface area contributed by atoms with Crippen LogP contribution in [0.15, 0.2) is 28.7 Å². The highest BCUT2D eigenvalue weighted by Gasteiger charge is 2.24. The molecule has 0 saturated heterocycles. The zero-order chi connectivity index (χ0) is 16.4. The largest absolute Gasteiger partial charge is 0.480 e. The van der Waals surface area contributed by atoms with E-state index >= 15 is 0 Å². The lowest BCUT2D eigenvalue weighted by Crippen LogP contribution is -2.28. The van der Waals surface area contributed by atoms with Crippen LogP contribution in [0.5, 0.6) is 5.88 Å². The first-order chi connectivity index (χ1) is 10.4. The Balaban J connectivity index is 2.49. The van der Waals surface area contributed by atoms with Crippen LogP contribution in [-0.2, 0) is 0 Å². The predicted octanol–water partition coefficient (Wildman–Crippen LogP) is 3.89. The van der Waals surface area contributed by atoms with Gasteiger partial charge >= 0.3 is 0 Å². The Morgan fingerprint density at radius 2 is 1.86 bits per heavy atom. The number of rotatable bonds is 3. The van der Waals surface area contributed by atoms with Gasteiger partial charge in [-0.15, -0.1) is 0 Å². The SMILES string of the molecule is COc1nc(C)c(Br)c(C)c1C(=O)N(C)c1ccc(F)cc1. The van der Waals surface area contributed by atoms with Gasteiger partial charge in [-0.3, -0.25) is 4.79 Å². The van der Waals surface area contributed by atoms with Crippen molar-refractivity contribution < 1.29 is 13.9 Å². The van der Waals surface area contributed by atoms with Gasteiger partial charge in [0.2, 0.25) is 5.88 Å². The summed E-state index contributed by atoms with van der Waals surface area (Å²) in [5.41, 5.74) is 2.47. The van der Waals surface area contributed by atoms with Crippen molar-refractivity contribution in [1.82, 2.24) is 4.98 Å². The number of benzene rings is 1. The maximum atomic E-state index is 13.0. The number of pyridine rings is 1. The summed E-state index contributed by atoms with van der Waals surface area (Å²) in [5.74, 6) is -0.343. The van der Waals surface area contributed by atoms with E-state index in [1.54, 1.807) is 19.2 Å². The third-order valence-corrected chi connectivity index (χ3v) is 4.60. The van der Waals surface area contributed by atoms with Crippen molar-refractivity contribution in [3.8, 4) is 5.88 Å². The maximum absolute atomic E-state index is 13.0. The minimum atomic E-state index is -0.349. The molecule has 0 N–H and O–H groups in total. The number of hydrogen-bond donors (Lipinski definition) is 0. The third-order valence-electron chi connectivity index (χ3n) is 3.43. The first kappa shape index (κ1) is 16.4. The standard InChI is InChI=1S/C16H16BrFN2O2/c1-9-13(15(22-4)19-10(2)14(9)17)16(21)20(3)12-7-5-11(18)6-8-12/h5-8H,1-4H3. The fraction of sp³-hybridized carbons (Fsp3) is 0.250. The molecule has 2 aromatic rings. The summed E-state index contributed by atoms with van der Waals surface area (Å²) in [6.45, 7) is 3.66. The minimum Gasteiger partial charge on any atom is -0.480 e. The van der Waals surface area contributed by atoms with E-state index in [1.807, 2.05) is 13.8 Å². The van der Waals surface area contributed by atoms with Gasteiger partial charge in [-0.05, 0) is 59.6 Å². The summed E-state index contributed by atoms with van der Waals surface area (Å²) >= 11 is 3.44. The molecule has 0 aliphatic heterocycles. The fourth-order valence-electron chi connectivity index (χ4n) is 2.15. The average Bonchev–Trinajstić information content (AvgIpc) is 2.51. The number of amides is 1. The van der Waals surface area contributed by atoms with Gasteiger partial charge in [0.25, 0.3) is 5.91 Å². The van der Waals surface area contributed by atoms with Gasteiger partial charge in [-0.1, -0.05) is 0 Å². The summed E-state index contributed by atoms with van der Waals surface area (Å²) in [5, 5.41) is 0. The molecule has 116 valence electrons. The number of aromatic nitrogens is 1. The Morgan fingerprint density at radius 1 is 1.27 bits per heavy atom. The van der Waals surface area contributed by atoms with Crippen molar-refractivity contribution in [3.05, 3.63) is 51.4 Å².